The van der Waals surface area contributed by atoms with Gasteiger partial charge < -0.3 is 15.0 Å². The highest BCUT2D eigenvalue weighted by atomic mass is 16.5. The van der Waals surface area contributed by atoms with E-state index in [1.54, 1.807) is 24.8 Å². The monoisotopic (exact) mass is 360 g/mol. The molecule has 1 aliphatic heterocycles. The smallest absolute Gasteiger partial charge is 0.144 e. The van der Waals surface area contributed by atoms with Crippen LogP contribution in [0.1, 0.15) is 12.5 Å². The third-order valence-electron chi connectivity index (χ3n) is 4.61. The number of pyridine rings is 1. The van der Waals surface area contributed by atoms with Gasteiger partial charge in [0.1, 0.15) is 11.9 Å². The van der Waals surface area contributed by atoms with Crippen molar-refractivity contribution in [3.05, 3.63) is 54.6 Å². The molecule has 1 saturated heterocycles. The Hall–Kier alpha value is -3.24. The van der Waals surface area contributed by atoms with E-state index in [4.69, 9.17) is 4.74 Å². The van der Waals surface area contributed by atoms with Gasteiger partial charge >= 0.3 is 0 Å². The van der Waals surface area contributed by atoms with Gasteiger partial charge in [0.25, 0.3) is 0 Å². The zero-order chi connectivity index (χ0) is 18.6. The van der Waals surface area contributed by atoms with Gasteiger partial charge in [-0.05, 0) is 31.2 Å². The fourth-order valence-electron chi connectivity index (χ4n) is 3.49. The van der Waals surface area contributed by atoms with E-state index >= 15 is 0 Å². The first-order chi connectivity index (χ1) is 13.2. The van der Waals surface area contributed by atoms with E-state index in [1.807, 2.05) is 24.3 Å². The lowest BCUT2D eigenvalue weighted by molar-refractivity contribution is -0.00823. The van der Waals surface area contributed by atoms with Crippen LogP contribution in [0.5, 0.6) is 0 Å². The molecule has 2 aromatic heterocycles. The molecule has 1 aliphatic rings. The van der Waals surface area contributed by atoms with Gasteiger partial charge in [-0.25, -0.2) is 4.98 Å². The number of rotatable bonds is 4. The van der Waals surface area contributed by atoms with Gasteiger partial charge in [-0.15, -0.1) is 0 Å². The van der Waals surface area contributed by atoms with Crippen molar-refractivity contribution >= 4 is 22.4 Å². The van der Waals surface area contributed by atoms with Crippen LogP contribution >= 0.6 is 0 Å². The molecule has 1 fully saturated rings. The molecule has 2 atom stereocenters. The minimum atomic E-state index is 0.0121. The SMILES string of the molecule is C[C@@H]1CN(c2ccc(C#N)c3ncccc23)C[C@@H](CNc2cnccn2)O1. The van der Waals surface area contributed by atoms with Crippen LogP contribution in [0.25, 0.3) is 10.9 Å². The van der Waals surface area contributed by atoms with E-state index in [9.17, 15) is 5.26 Å². The number of hydrogen-bond donors (Lipinski definition) is 1. The average molecular weight is 360 g/mol. The summed E-state index contributed by atoms with van der Waals surface area (Å²) in [5.74, 6) is 0.735. The molecule has 27 heavy (non-hydrogen) atoms. The second-order valence-corrected chi connectivity index (χ2v) is 6.59. The molecule has 0 radical (unpaired) electrons. The van der Waals surface area contributed by atoms with Crippen LogP contribution in [0.2, 0.25) is 0 Å². The van der Waals surface area contributed by atoms with Crippen LogP contribution in [-0.4, -0.2) is 46.8 Å². The van der Waals surface area contributed by atoms with Gasteiger partial charge in [0.15, 0.2) is 0 Å². The average Bonchev–Trinajstić information content (AvgIpc) is 2.72. The van der Waals surface area contributed by atoms with Crippen molar-refractivity contribution in [3.63, 3.8) is 0 Å². The summed E-state index contributed by atoms with van der Waals surface area (Å²) in [6.07, 6.45) is 6.84. The number of anilines is 2. The molecule has 0 spiro atoms. The van der Waals surface area contributed by atoms with Gasteiger partial charge in [-0.3, -0.25) is 9.97 Å². The molecule has 0 bridgehead atoms. The van der Waals surface area contributed by atoms with Crippen LogP contribution in [0.4, 0.5) is 11.5 Å². The minimum Gasteiger partial charge on any atom is -0.370 e. The zero-order valence-electron chi connectivity index (χ0n) is 15.0. The molecule has 0 saturated carbocycles. The van der Waals surface area contributed by atoms with Crippen molar-refractivity contribution in [1.82, 2.24) is 15.0 Å². The summed E-state index contributed by atoms with van der Waals surface area (Å²) < 4.78 is 6.10. The number of morpholine rings is 1. The molecule has 1 N–H and O–H groups in total. The van der Waals surface area contributed by atoms with E-state index < -0.39 is 0 Å². The van der Waals surface area contributed by atoms with Crippen LogP contribution in [-0.2, 0) is 4.74 Å². The molecule has 4 rings (SSSR count). The highest BCUT2D eigenvalue weighted by molar-refractivity contribution is 5.95. The first-order valence-electron chi connectivity index (χ1n) is 8.92. The normalized spacial score (nSPS) is 19.6. The summed E-state index contributed by atoms with van der Waals surface area (Å²) in [4.78, 5) is 15.0. The molecular formula is C20H20N6O. The third kappa shape index (κ3) is 3.66. The van der Waals surface area contributed by atoms with Gasteiger partial charge in [-0.2, -0.15) is 5.26 Å². The van der Waals surface area contributed by atoms with Crippen molar-refractivity contribution in [2.24, 2.45) is 0 Å². The Bertz CT molecular complexity index is 971. The highest BCUT2D eigenvalue weighted by Crippen LogP contribution is 2.30. The van der Waals surface area contributed by atoms with Crippen LogP contribution < -0.4 is 10.2 Å². The van der Waals surface area contributed by atoms with E-state index in [0.717, 1.165) is 35.5 Å². The molecule has 7 nitrogen and oxygen atoms in total. The quantitative estimate of drug-likeness (QED) is 0.765. The zero-order valence-corrected chi connectivity index (χ0v) is 15.0. The van der Waals surface area contributed by atoms with Crippen molar-refractivity contribution < 1.29 is 4.74 Å². The number of ether oxygens (including phenoxy) is 1. The lowest BCUT2D eigenvalue weighted by atomic mass is 10.1. The standard InChI is InChI=1S/C20H20N6O/c1-14-12-26(13-16(27-14)10-25-19-11-22-7-8-23-19)18-5-4-15(9-21)20-17(18)3-2-6-24-20/h2-8,11,14,16H,10,12-13H2,1H3,(H,23,25)/t14-,16-/m1/s1. The molecular weight excluding hydrogens is 340 g/mol. The lowest BCUT2D eigenvalue weighted by Crippen LogP contribution is -2.49. The fourth-order valence-corrected chi connectivity index (χ4v) is 3.49. The predicted molar refractivity (Wildman–Crippen MR) is 104 cm³/mol. The summed E-state index contributed by atoms with van der Waals surface area (Å²) >= 11 is 0. The van der Waals surface area contributed by atoms with E-state index in [0.29, 0.717) is 12.1 Å². The van der Waals surface area contributed by atoms with Gasteiger partial charge in [0.05, 0.1) is 29.5 Å². The molecule has 1 aromatic carbocycles. The van der Waals surface area contributed by atoms with E-state index in [-0.39, 0.29) is 12.2 Å². The maximum Gasteiger partial charge on any atom is 0.144 e. The number of nitriles is 1. The van der Waals surface area contributed by atoms with Gasteiger partial charge in [-0.1, -0.05) is 0 Å². The highest BCUT2D eigenvalue weighted by Gasteiger charge is 2.26. The molecule has 0 unspecified atom stereocenters. The largest absolute Gasteiger partial charge is 0.370 e. The minimum absolute atomic E-state index is 0.0121. The Kier molecular flexibility index (Phi) is 4.81. The fraction of sp³-hybridized carbons (Fsp3) is 0.300. The number of fused-ring (bicyclic) bond motifs is 1. The lowest BCUT2D eigenvalue weighted by Gasteiger charge is -2.38. The maximum atomic E-state index is 9.36. The second-order valence-electron chi connectivity index (χ2n) is 6.59. The summed E-state index contributed by atoms with van der Waals surface area (Å²) in [6, 6.07) is 10.0. The van der Waals surface area contributed by atoms with E-state index in [2.05, 4.69) is 38.2 Å². The van der Waals surface area contributed by atoms with Crippen molar-refractivity contribution in [2.45, 2.75) is 19.1 Å². The molecule has 7 heteroatoms. The molecule has 0 amide bonds. The molecule has 3 aromatic rings. The molecule has 0 aliphatic carbocycles. The first-order valence-corrected chi connectivity index (χ1v) is 8.92. The summed E-state index contributed by atoms with van der Waals surface area (Å²) in [5.41, 5.74) is 2.42. The van der Waals surface area contributed by atoms with Crippen molar-refractivity contribution in [3.8, 4) is 6.07 Å². The van der Waals surface area contributed by atoms with Crippen molar-refractivity contribution in [2.75, 3.05) is 29.9 Å². The first kappa shape index (κ1) is 17.2. The summed E-state index contributed by atoms with van der Waals surface area (Å²) in [7, 11) is 0. The Morgan fingerprint density at radius 3 is 2.96 bits per heavy atom. The van der Waals surface area contributed by atoms with Crippen molar-refractivity contribution in [1.29, 1.82) is 5.26 Å². The number of hydrogen-bond acceptors (Lipinski definition) is 7. The second kappa shape index (κ2) is 7.56. The number of nitrogens with one attached hydrogen (secondary N) is 1. The predicted octanol–water partition coefficient (Wildman–Crippen LogP) is 2.60. The number of nitrogens with zero attached hydrogens (tertiary/aromatic N) is 5. The number of benzene rings is 1. The molecule has 136 valence electrons. The Balaban J connectivity index is 1.57. The number of aromatic nitrogens is 3. The summed E-state index contributed by atoms with van der Waals surface area (Å²) in [6.45, 7) is 4.25. The maximum absolute atomic E-state index is 9.36. The Morgan fingerprint density at radius 2 is 2.15 bits per heavy atom. The molecule has 3 heterocycles. The van der Waals surface area contributed by atoms with Gasteiger partial charge in [0.2, 0.25) is 0 Å². The summed E-state index contributed by atoms with van der Waals surface area (Å²) in [5, 5.41) is 13.6. The third-order valence-corrected chi connectivity index (χ3v) is 4.61. The van der Waals surface area contributed by atoms with Crippen LogP contribution in [0.15, 0.2) is 49.1 Å². The van der Waals surface area contributed by atoms with Crippen LogP contribution in [0.3, 0.4) is 0 Å². The van der Waals surface area contributed by atoms with Crippen LogP contribution in [0, 0.1) is 11.3 Å². The Labute approximate surface area is 157 Å². The van der Waals surface area contributed by atoms with Gasteiger partial charge in [0, 0.05) is 49.3 Å². The Morgan fingerprint density at radius 1 is 1.22 bits per heavy atom. The topological polar surface area (TPSA) is 87.0 Å². The van der Waals surface area contributed by atoms with E-state index in [1.165, 1.54) is 0 Å².